The molecule has 2 N–H and O–H groups in total. The van der Waals surface area contributed by atoms with Gasteiger partial charge in [-0.2, -0.15) is 0 Å². The molecule has 0 amide bonds. The van der Waals surface area contributed by atoms with Gasteiger partial charge in [0.2, 0.25) is 0 Å². The highest BCUT2D eigenvalue weighted by molar-refractivity contribution is 6.32. The van der Waals surface area contributed by atoms with Crippen LogP contribution in [-0.2, 0) is 4.74 Å². The lowest BCUT2D eigenvalue weighted by Crippen LogP contribution is -2.26. The fourth-order valence-electron chi connectivity index (χ4n) is 1.79. The van der Waals surface area contributed by atoms with Gasteiger partial charge in [0.15, 0.2) is 5.75 Å². The van der Waals surface area contributed by atoms with Crippen molar-refractivity contribution < 1.29 is 9.47 Å². The quantitative estimate of drug-likeness (QED) is 0.828. The molecule has 0 saturated carbocycles. The zero-order valence-corrected chi connectivity index (χ0v) is 9.87. The lowest BCUT2D eigenvalue weighted by molar-refractivity contribution is -0.0109. The van der Waals surface area contributed by atoms with Gasteiger partial charge in [-0.15, -0.1) is 0 Å². The molecule has 0 spiro atoms. The maximum atomic E-state index is 6.00. The van der Waals surface area contributed by atoms with E-state index in [1.807, 2.05) is 6.07 Å². The van der Waals surface area contributed by atoms with E-state index < -0.39 is 0 Å². The topological polar surface area (TPSA) is 44.5 Å². The zero-order chi connectivity index (χ0) is 11.4. The van der Waals surface area contributed by atoms with Crippen LogP contribution in [0.15, 0.2) is 18.2 Å². The van der Waals surface area contributed by atoms with Gasteiger partial charge < -0.3 is 15.2 Å². The number of hydrogen-bond acceptors (Lipinski definition) is 3. The molecule has 1 saturated heterocycles. The molecule has 0 radical (unpaired) electrons. The predicted octanol–water partition coefficient (Wildman–Crippen LogP) is 2.87. The number of hydrogen-bond donors (Lipinski definition) is 1. The first-order valence-corrected chi connectivity index (χ1v) is 5.93. The summed E-state index contributed by atoms with van der Waals surface area (Å²) in [4.78, 5) is 0. The van der Waals surface area contributed by atoms with Gasteiger partial charge in [0.1, 0.15) is 6.61 Å². The Labute approximate surface area is 100 Å². The van der Waals surface area contributed by atoms with Gasteiger partial charge in [-0.25, -0.2) is 0 Å². The molecule has 1 aliphatic rings. The van der Waals surface area contributed by atoms with Gasteiger partial charge in [0.05, 0.1) is 16.8 Å². The van der Waals surface area contributed by atoms with Crippen molar-refractivity contribution in [2.24, 2.45) is 0 Å². The second kappa shape index (κ2) is 5.41. The summed E-state index contributed by atoms with van der Waals surface area (Å²) in [5.41, 5.74) is 6.36. The molecule has 3 nitrogen and oxygen atoms in total. The number of halogens is 1. The number of rotatable bonds is 3. The number of ether oxygens (including phenoxy) is 2. The largest absolute Gasteiger partial charge is 0.487 e. The highest BCUT2D eigenvalue weighted by Gasteiger charge is 2.15. The van der Waals surface area contributed by atoms with Crippen molar-refractivity contribution >= 4 is 17.3 Å². The van der Waals surface area contributed by atoms with Crippen molar-refractivity contribution in [1.82, 2.24) is 0 Å². The van der Waals surface area contributed by atoms with E-state index in [4.69, 9.17) is 26.8 Å². The standard InChI is InChI=1S/C12H16ClNO2/c13-10-5-3-6-11(14)12(10)16-8-9-4-1-2-7-15-9/h3,5-6,9H,1-2,4,7-8,14H2. The average Bonchev–Trinajstić information content (AvgIpc) is 2.30. The van der Waals surface area contributed by atoms with Crippen LogP contribution >= 0.6 is 11.6 Å². The Morgan fingerprint density at radius 2 is 2.31 bits per heavy atom. The normalized spacial score (nSPS) is 20.7. The monoisotopic (exact) mass is 241 g/mol. The molecule has 1 atom stereocenters. The SMILES string of the molecule is Nc1cccc(Cl)c1OCC1CCCCO1. The molecule has 16 heavy (non-hydrogen) atoms. The van der Waals surface area contributed by atoms with Crippen LogP contribution in [0, 0.1) is 0 Å². The van der Waals surface area contributed by atoms with Gasteiger partial charge >= 0.3 is 0 Å². The Morgan fingerprint density at radius 3 is 3.00 bits per heavy atom. The van der Waals surface area contributed by atoms with Crippen LogP contribution in [0.1, 0.15) is 19.3 Å². The molecule has 1 unspecified atom stereocenters. The Hall–Kier alpha value is -0.930. The second-order valence-corrected chi connectivity index (χ2v) is 4.36. The summed E-state index contributed by atoms with van der Waals surface area (Å²) in [6.07, 6.45) is 3.56. The molecular weight excluding hydrogens is 226 g/mol. The van der Waals surface area contributed by atoms with E-state index in [0.29, 0.717) is 23.1 Å². The number of nitrogens with two attached hydrogens (primary N) is 1. The predicted molar refractivity (Wildman–Crippen MR) is 65.0 cm³/mol. The fourth-order valence-corrected chi connectivity index (χ4v) is 2.03. The molecular formula is C12H16ClNO2. The van der Waals surface area contributed by atoms with Crippen LogP contribution in [0.4, 0.5) is 5.69 Å². The van der Waals surface area contributed by atoms with E-state index in [1.54, 1.807) is 12.1 Å². The number of para-hydroxylation sites is 1. The van der Waals surface area contributed by atoms with Crippen LogP contribution in [0.3, 0.4) is 0 Å². The second-order valence-electron chi connectivity index (χ2n) is 3.96. The lowest BCUT2D eigenvalue weighted by Gasteiger charge is -2.23. The highest BCUT2D eigenvalue weighted by atomic mass is 35.5. The van der Waals surface area contributed by atoms with Gasteiger partial charge in [0, 0.05) is 6.61 Å². The van der Waals surface area contributed by atoms with Crippen molar-refractivity contribution in [1.29, 1.82) is 0 Å². The lowest BCUT2D eigenvalue weighted by atomic mass is 10.1. The molecule has 2 rings (SSSR count). The Bertz CT molecular complexity index is 331. The molecule has 1 aromatic carbocycles. The number of nitrogen functional groups attached to an aromatic ring is 1. The first-order chi connectivity index (χ1) is 7.77. The van der Waals surface area contributed by atoms with E-state index in [2.05, 4.69) is 0 Å². The van der Waals surface area contributed by atoms with Gasteiger partial charge in [-0.05, 0) is 31.4 Å². The number of benzene rings is 1. The Kier molecular flexibility index (Phi) is 3.91. The summed E-state index contributed by atoms with van der Waals surface area (Å²) in [6.45, 7) is 1.35. The molecule has 1 fully saturated rings. The summed E-state index contributed by atoms with van der Waals surface area (Å²) in [5.74, 6) is 0.568. The minimum Gasteiger partial charge on any atom is -0.487 e. The summed E-state index contributed by atoms with van der Waals surface area (Å²) in [6, 6.07) is 5.36. The van der Waals surface area contributed by atoms with Crippen LogP contribution in [0.2, 0.25) is 5.02 Å². The van der Waals surface area contributed by atoms with Crippen molar-refractivity contribution in [3.63, 3.8) is 0 Å². The Balaban J connectivity index is 1.93. The third-order valence-corrected chi connectivity index (χ3v) is 2.98. The van der Waals surface area contributed by atoms with E-state index in [0.717, 1.165) is 19.4 Å². The molecule has 0 aromatic heterocycles. The van der Waals surface area contributed by atoms with Crippen molar-refractivity contribution in [3.05, 3.63) is 23.2 Å². The van der Waals surface area contributed by atoms with E-state index >= 15 is 0 Å². The van der Waals surface area contributed by atoms with Gasteiger partial charge in [0.25, 0.3) is 0 Å². The van der Waals surface area contributed by atoms with Crippen LogP contribution in [0.25, 0.3) is 0 Å². The first kappa shape index (κ1) is 11.6. The molecule has 0 bridgehead atoms. The summed E-state index contributed by atoms with van der Waals surface area (Å²) in [7, 11) is 0. The van der Waals surface area contributed by atoms with Crippen molar-refractivity contribution in [2.75, 3.05) is 18.9 Å². The van der Waals surface area contributed by atoms with Crippen LogP contribution in [0.5, 0.6) is 5.75 Å². The smallest absolute Gasteiger partial charge is 0.160 e. The third-order valence-electron chi connectivity index (χ3n) is 2.68. The molecule has 1 heterocycles. The minimum atomic E-state index is 0.171. The zero-order valence-electron chi connectivity index (χ0n) is 9.12. The summed E-state index contributed by atoms with van der Waals surface area (Å²) < 4.78 is 11.2. The van der Waals surface area contributed by atoms with Crippen LogP contribution < -0.4 is 10.5 Å². The molecule has 88 valence electrons. The molecule has 1 aromatic rings. The summed E-state index contributed by atoms with van der Waals surface area (Å²) >= 11 is 6.00. The maximum absolute atomic E-state index is 6.00. The van der Waals surface area contributed by atoms with Crippen molar-refractivity contribution in [2.45, 2.75) is 25.4 Å². The minimum absolute atomic E-state index is 0.171. The van der Waals surface area contributed by atoms with E-state index in [-0.39, 0.29) is 6.10 Å². The van der Waals surface area contributed by atoms with Crippen LogP contribution in [-0.4, -0.2) is 19.3 Å². The highest BCUT2D eigenvalue weighted by Crippen LogP contribution is 2.31. The maximum Gasteiger partial charge on any atom is 0.160 e. The molecule has 0 aliphatic carbocycles. The fraction of sp³-hybridized carbons (Fsp3) is 0.500. The Morgan fingerprint density at radius 1 is 1.44 bits per heavy atom. The van der Waals surface area contributed by atoms with Gasteiger partial charge in [-0.3, -0.25) is 0 Å². The summed E-state index contributed by atoms with van der Waals surface area (Å²) in [5, 5.41) is 0.552. The van der Waals surface area contributed by atoms with Crippen molar-refractivity contribution in [3.8, 4) is 5.75 Å². The molecule has 4 heteroatoms. The van der Waals surface area contributed by atoms with E-state index in [1.165, 1.54) is 6.42 Å². The first-order valence-electron chi connectivity index (χ1n) is 5.56. The van der Waals surface area contributed by atoms with Gasteiger partial charge in [-0.1, -0.05) is 17.7 Å². The molecule has 1 aliphatic heterocycles. The average molecular weight is 242 g/mol. The third kappa shape index (κ3) is 2.80. The van der Waals surface area contributed by atoms with E-state index in [9.17, 15) is 0 Å². The number of anilines is 1.